The van der Waals surface area contributed by atoms with Crippen molar-refractivity contribution in [2.45, 2.75) is 18.4 Å². The van der Waals surface area contributed by atoms with Crippen LogP contribution in [-0.4, -0.2) is 23.2 Å². The lowest BCUT2D eigenvalue weighted by Gasteiger charge is -2.04. The average molecular weight is 346 g/mol. The van der Waals surface area contributed by atoms with Crippen molar-refractivity contribution in [3.05, 3.63) is 71.8 Å². The molecule has 0 bridgehead atoms. The third-order valence-electron chi connectivity index (χ3n) is 3.35. The molecule has 24 heavy (non-hydrogen) atoms. The number of hydrogen-bond acceptors (Lipinski definition) is 4. The minimum atomic E-state index is -3.85. The fraction of sp³-hybridized carbons (Fsp3) is 0.125. The van der Waals surface area contributed by atoms with Crippen molar-refractivity contribution in [3.8, 4) is 0 Å². The molecule has 0 saturated heterocycles. The molecule has 0 fully saturated rings. The Morgan fingerprint density at radius 3 is 2.42 bits per heavy atom. The van der Waals surface area contributed by atoms with Crippen molar-refractivity contribution in [2.75, 3.05) is 4.72 Å². The lowest BCUT2D eigenvalue weighted by Crippen LogP contribution is -2.14. The highest BCUT2D eigenvalue weighted by molar-refractivity contribution is 7.92. The highest BCUT2D eigenvalue weighted by atomic mass is 32.2. The molecule has 0 aliphatic rings. The van der Waals surface area contributed by atoms with E-state index in [0.29, 0.717) is 6.54 Å². The van der Waals surface area contributed by atoms with E-state index in [9.17, 15) is 12.8 Å². The topological polar surface area (TPSA) is 76.9 Å². The Kier molecular flexibility index (Phi) is 4.30. The Labute approximate surface area is 139 Å². The number of aromatic nitrogens is 3. The zero-order chi connectivity index (χ0) is 17.2. The van der Waals surface area contributed by atoms with Crippen LogP contribution in [0.3, 0.4) is 0 Å². The van der Waals surface area contributed by atoms with Gasteiger partial charge < -0.3 is 0 Å². The van der Waals surface area contributed by atoms with Gasteiger partial charge in [0.25, 0.3) is 16.0 Å². The van der Waals surface area contributed by atoms with Gasteiger partial charge in [-0.15, -0.1) is 5.10 Å². The number of benzene rings is 2. The van der Waals surface area contributed by atoms with Gasteiger partial charge >= 0.3 is 0 Å². The molecule has 1 N–H and O–H groups in total. The predicted molar refractivity (Wildman–Crippen MR) is 87.5 cm³/mol. The SMILES string of the molecule is Cc1ccc(Cn2cnc(NS(=O)(=O)c3ccc(F)cc3)n2)cc1. The van der Waals surface area contributed by atoms with Crippen molar-refractivity contribution in [1.82, 2.24) is 14.8 Å². The van der Waals surface area contributed by atoms with Gasteiger partial charge in [0.2, 0.25) is 0 Å². The van der Waals surface area contributed by atoms with Gasteiger partial charge in [0.15, 0.2) is 0 Å². The Morgan fingerprint density at radius 1 is 1.08 bits per heavy atom. The maximum absolute atomic E-state index is 12.9. The minimum Gasteiger partial charge on any atom is -0.246 e. The van der Waals surface area contributed by atoms with E-state index in [-0.39, 0.29) is 10.8 Å². The van der Waals surface area contributed by atoms with Crippen LogP contribution >= 0.6 is 0 Å². The molecule has 124 valence electrons. The first kappa shape index (κ1) is 16.1. The van der Waals surface area contributed by atoms with Crippen LogP contribution in [-0.2, 0) is 16.6 Å². The lowest BCUT2D eigenvalue weighted by atomic mass is 10.1. The van der Waals surface area contributed by atoms with Crippen LogP contribution in [0.25, 0.3) is 0 Å². The fourth-order valence-corrected chi connectivity index (χ4v) is 3.04. The van der Waals surface area contributed by atoms with Crippen LogP contribution in [0.4, 0.5) is 10.3 Å². The quantitative estimate of drug-likeness (QED) is 0.770. The molecule has 0 amide bonds. The molecular weight excluding hydrogens is 331 g/mol. The van der Waals surface area contributed by atoms with Gasteiger partial charge in [0.05, 0.1) is 11.4 Å². The number of hydrogen-bond donors (Lipinski definition) is 1. The number of halogens is 1. The number of rotatable bonds is 5. The molecule has 0 aliphatic carbocycles. The highest BCUT2D eigenvalue weighted by Gasteiger charge is 2.16. The number of nitrogens with one attached hydrogen (secondary N) is 1. The number of aryl methyl sites for hydroxylation is 1. The molecule has 1 heterocycles. The monoisotopic (exact) mass is 346 g/mol. The third-order valence-corrected chi connectivity index (χ3v) is 4.70. The van der Waals surface area contributed by atoms with Gasteiger partial charge in [0.1, 0.15) is 12.1 Å². The largest absolute Gasteiger partial charge is 0.264 e. The molecule has 6 nitrogen and oxygen atoms in total. The second-order valence-electron chi connectivity index (χ2n) is 5.31. The minimum absolute atomic E-state index is 0.0357. The molecular formula is C16H15FN4O2S. The van der Waals surface area contributed by atoms with Gasteiger partial charge in [-0.3, -0.25) is 0 Å². The smallest absolute Gasteiger partial charge is 0.246 e. The van der Waals surface area contributed by atoms with Crippen LogP contribution in [0, 0.1) is 12.7 Å². The van der Waals surface area contributed by atoms with Crippen LogP contribution in [0.5, 0.6) is 0 Å². The summed E-state index contributed by atoms with van der Waals surface area (Å²) in [5.74, 6) is -0.541. The molecule has 0 radical (unpaired) electrons. The summed E-state index contributed by atoms with van der Waals surface area (Å²) in [6.07, 6.45) is 1.45. The molecule has 0 spiro atoms. The number of anilines is 1. The molecule has 3 aromatic rings. The predicted octanol–water partition coefficient (Wildman–Crippen LogP) is 2.57. The zero-order valence-electron chi connectivity index (χ0n) is 12.8. The summed E-state index contributed by atoms with van der Waals surface area (Å²) in [7, 11) is -3.85. The Hall–Kier alpha value is -2.74. The van der Waals surface area contributed by atoms with E-state index in [0.717, 1.165) is 23.3 Å². The lowest BCUT2D eigenvalue weighted by molar-refractivity contribution is 0.599. The third kappa shape index (κ3) is 3.77. The van der Waals surface area contributed by atoms with E-state index in [2.05, 4.69) is 14.8 Å². The Balaban J connectivity index is 1.73. The van der Waals surface area contributed by atoms with Gasteiger partial charge in [-0.2, -0.15) is 4.98 Å². The first-order valence-electron chi connectivity index (χ1n) is 7.16. The van der Waals surface area contributed by atoms with E-state index in [1.54, 1.807) is 0 Å². The average Bonchev–Trinajstić information content (AvgIpc) is 2.96. The molecule has 0 unspecified atom stereocenters. The second-order valence-corrected chi connectivity index (χ2v) is 6.99. The first-order chi connectivity index (χ1) is 11.4. The van der Waals surface area contributed by atoms with Gasteiger partial charge in [0, 0.05) is 0 Å². The van der Waals surface area contributed by atoms with Crippen molar-refractivity contribution in [3.63, 3.8) is 0 Å². The van der Waals surface area contributed by atoms with E-state index in [1.807, 2.05) is 31.2 Å². The maximum atomic E-state index is 12.9. The summed E-state index contributed by atoms with van der Waals surface area (Å²) in [5, 5.41) is 4.10. The van der Waals surface area contributed by atoms with Crippen LogP contribution in [0.15, 0.2) is 59.8 Å². The second kappa shape index (κ2) is 6.40. The molecule has 0 atom stereocenters. The summed E-state index contributed by atoms with van der Waals surface area (Å²) in [5.41, 5.74) is 2.18. The molecule has 3 rings (SSSR count). The number of sulfonamides is 1. The summed E-state index contributed by atoms with van der Waals surface area (Å²) < 4.78 is 41.1. The maximum Gasteiger partial charge on any atom is 0.264 e. The van der Waals surface area contributed by atoms with E-state index < -0.39 is 15.8 Å². The molecule has 0 saturated carbocycles. The van der Waals surface area contributed by atoms with Crippen LogP contribution in [0.1, 0.15) is 11.1 Å². The van der Waals surface area contributed by atoms with Gasteiger partial charge in [-0.25, -0.2) is 22.2 Å². The van der Waals surface area contributed by atoms with Crippen LogP contribution < -0.4 is 4.72 Å². The van der Waals surface area contributed by atoms with Crippen LogP contribution in [0.2, 0.25) is 0 Å². The van der Waals surface area contributed by atoms with Crippen molar-refractivity contribution in [2.24, 2.45) is 0 Å². The molecule has 0 aliphatic heterocycles. The summed E-state index contributed by atoms with van der Waals surface area (Å²) in [4.78, 5) is 3.89. The van der Waals surface area contributed by atoms with Gasteiger partial charge in [-0.05, 0) is 36.8 Å². The standard InChI is InChI=1S/C16H15FN4O2S/c1-12-2-4-13(5-3-12)10-21-11-18-16(19-21)20-24(22,23)15-8-6-14(17)7-9-15/h2-9,11H,10H2,1H3,(H,19,20). The summed E-state index contributed by atoms with van der Waals surface area (Å²) in [6, 6.07) is 12.4. The summed E-state index contributed by atoms with van der Waals surface area (Å²) >= 11 is 0. The zero-order valence-corrected chi connectivity index (χ0v) is 13.7. The normalized spacial score (nSPS) is 11.4. The van der Waals surface area contributed by atoms with E-state index in [1.165, 1.54) is 23.1 Å². The molecule has 2 aromatic carbocycles. The van der Waals surface area contributed by atoms with Crippen molar-refractivity contribution < 1.29 is 12.8 Å². The Morgan fingerprint density at radius 2 is 1.75 bits per heavy atom. The molecule has 8 heteroatoms. The van der Waals surface area contributed by atoms with E-state index >= 15 is 0 Å². The highest BCUT2D eigenvalue weighted by Crippen LogP contribution is 2.14. The Bertz CT molecular complexity index is 935. The van der Waals surface area contributed by atoms with Crippen molar-refractivity contribution in [1.29, 1.82) is 0 Å². The molecule has 1 aromatic heterocycles. The first-order valence-corrected chi connectivity index (χ1v) is 8.64. The van der Waals surface area contributed by atoms with Gasteiger partial charge in [-0.1, -0.05) is 29.8 Å². The van der Waals surface area contributed by atoms with Crippen molar-refractivity contribution >= 4 is 16.0 Å². The number of nitrogens with zero attached hydrogens (tertiary/aromatic N) is 3. The fourth-order valence-electron chi connectivity index (χ4n) is 2.09. The summed E-state index contributed by atoms with van der Waals surface area (Å²) in [6.45, 7) is 2.48. The van der Waals surface area contributed by atoms with E-state index in [4.69, 9.17) is 0 Å².